The van der Waals surface area contributed by atoms with Crippen LogP contribution in [0.2, 0.25) is 0 Å². The van der Waals surface area contributed by atoms with Crippen LogP contribution in [0.3, 0.4) is 0 Å². The fourth-order valence-corrected chi connectivity index (χ4v) is 2.36. The summed E-state index contributed by atoms with van der Waals surface area (Å²) in [6.07, 6.45) is 5.75. The number of aromatic nitrogens is 5. The van der Waals surface area contributed by atoms with Gasteiger partial charge in [0.25, 0.3) is 0 Å². The number of rotatable bonds is 6. The van der Waals surface area contributed by atoms with Crippen LogP contribution in [0, 0.1) is 0 Å². The van der Waals surface area contributed by atoms with Crippen LogP contribution in [0.4, 0.5) is 0 Å². The van der Waals surface area contributed by atoms with E-state index in [1.54, 1.807) is 18.9 Å². The standard InChI is InChI=1S/C16H19N5O2/c1-4-20-9-12(8-17-20)10-21-11-15(18-19-21)14-6-5-13(22-2)7-16(14)23-3/h5-9,11H,4,10H2,1-3H3. The largest absolute Gasteiger partial charge is 0.497 e. The Labute approximate surface area is 134 Å². The van der Waals surface area contributed by atoms with Crippen molar-refractivity contribution in [1.82, 2.24) is 24.8 Å². The van der Waals surface area contributed by atoms with Crippen molar-refractivity contribution in [1.29, 1.82) is 0 Å². The second-order valence-corrected chi connectivity index (χ2v) is 5.07. The molecule has 3 rings (SSSR count). The van der Waals surface area contributed by atoms with Crippen LogP contribution in [-0.4, -0.2) is 39.0 Å². The molecule has 23 heavy (non-hydrogen) atoms. The summed E-state index contributed by atoms with van der Waals surface area (Å²) in [6, 6.07) is 5.63. The summed E-state index contributed by atoms with van der Waals surface area (Å²) in [5.74, 6) is 1.44. The second kappa shape index (κ2) is 6.51. The highest BCUT2D eigenvalue weighted by Crippen LogP contribution is 2.31. The molecule has 0 aliphatic rings. The molecule has 2 heterocycles. The topological polar surface area (TPSA) is 67.0 Å². The molecular weight excluding hydrogens is 294 g/mol. The van der Waals surface area contributed by atoms with Gasteiger partial charge < -0.3 is 9.47 Å². The minimum atomic E-state index is 0.630. The zero-order chi connectivity index (χ0) is 16.2. The number of ether oxygens (including phenoxy) is 2. The maximum Gasteiger partial charge on any atom is 0.132 e. The van der Waals surface area contributed by atoms with Gasteiger partial charge >= 0.3 is 0 Å². The van der Waals surface area contributed by atoms with Crippen molar-refractivity contribution in [3.05, 3.63) is 42.4 Å². The van der Waals surface area contributed by atoms with Crippen molar-refractivity contribution < 1.29 is 9.47 Å². The van der Waals surface area contributed by atoms with Crippen LogP contribution in [0.5, 0.6) is 11.5 Å². The Morgan fingerprint density at radius 2 is 1.96 bits per heavy atom. The lowest BCUT2D eigenvalue weighted by Gasteiger charge is -2.07. The molecule has 0 atom stereocenters. The van der Waals surface area contributed by atoms with Crippen LogP contribution < -0.4 is 9.47 Å². The first kappa shape index (κ1) is 15.1. The maximum atomic E-state index is 5.42. The van der Waals surface area contributed by atoms with E-state index in [0.29, 0.717) is 12.3 Å². The molecule has 0 spiro atoms. The highest BCUT2D eigenvalue weighted by Gasteiger charge is 2.11. The fraction of sp³-hybridized carbons (Fsp3) is 0.312. The zero-order valence-electron chi connectivity index (χ0n) is 13.4. The van der Waals surface area contributed by atoms with Crippen molar-refractivity contribution in [2.75, 3.05) is 14.2 Å². The molecule has 0 N–H and O–H groups in total. The van der Waals surface area contributed by atoms with Crippen molar-refractivity contribution in [2.24, 2.45) is 0 Å². The lowest BCUT2D eigenvalue weighted by Crippen LogP contribution is -1.99. The van der Waals surface area contributed by atoms with Crippen molar-refractivity contribution in [3.8, 4) is 22.8 Å². The van der Waals surface area contributed by atoms with Crippen LogP contribution >= 0.6 is 0 Å². The third kappa shape index (κ3) is 3.18. The van der Waals surface area contributed by atoms with E-state index in [1.165, 1.54) is 0 Å². The Hall–Kier alpha value is -2.83. The quantitative estimate of drug-likeness (QED) is 0.698. The fourth-order valence-electron chi connectivity index (χ4n) is 2.36. The van der Waals surface area contributed by atoms with E-state index in [0.717, 1.165) is 29.1 Å². The molecule has 0 bridgehead atoms. The van der Waals surface area contributed by atoms with Gasteiger partial charge in [0.15, 0.2) is 0 Å². The molecule has 0 aliphatic heterocycles. The van der Waals surface area contributed by atoms with Gasteiger partial charge in [-0.15, -0.1) is 5.10 Å². The summed E-state index contributed by atoms with van der Waals surface area (Å²) in [7, 11) is 3.25. The Kier molecular flexibility index (Phi) is 4.27. The third-order valence-corrected chi connectivity index (χ3v) is 3.58. The molecule has 0 saturated carbocycles. The van der Waals surface area contributed by atoms with Crippen LogP contribution in [0.1, 0.15) is 12.5 Å². The minimum Gasteiger partial charge on any atom is -0.497 e. The SMILES string of the molecule is CCn1cc(Cn2cc(-c3ccc(OC)cc3OC)nn2)cn1. The maximum absolute atomic E-state index is 5.42. The first-order chi connectivity index (χ1) is 11.2. The number of aryl methyl sites for hydroxylation is 1. The third-order valence-electron chi connectivity index (χ3n) is 3.58. The van der Waals surface area contributed by atoms with Gasteiger partial charge in [-0.1, -0.05) is 5.21 Å². The molecule has 2 aromatic heterocycles. The van der Waals surface area contributed by atoms with Crippen LogP contribution in [-0.2, 0) is 13.1 Å². The molecular formula is C16H19N5O2. The van der Waals surface area contributed by atoms with Crippen molar-refractivity contribution in [3.63, 3.8) is 0 Å². The average Bonchev–Trinajstić information content (AvgIpc) is 3.24. The highest BCUT2D eigenvalue weighted by atomic mass is 16.5. The molecule has 0 fully saturated rings. The number of hydrogen-bond donors (Lipinski definition) is 0. The number of benzene rings is 1. The molecule has 1 aromatic carbocycles. The smallest absolute Gasteiger partial charge is 0.132 e. The Morgan fingerprint density at radius 1 is 1.09 bits per heavy atom. The molecule has 0 saturated heterocycles. The minimum absolute atomic E-state index is 0.630. The molecule has 0 unspecified atom stereocenters. The van der Waals surface area contributed by atoms with Crippen molar-refractivity contribution >= 4 is 0 Å². The monoisotopic (exact) mass is 313 g/mol. The number of hydrogen-bond acceptors (Lipinski definition) is 5. The van der Waals surface area contributed by atoms with Gasteiger partial charge in [0.05, 0.1) is 33.2 Å². The van der Waals surface area contributed by atoms with Gasteiger partial charge in [-0.05, 0) is 19.1 Å². The summed E-state index contributed by atoms with van der Waals surface area (Å²) >= 11 is 0. The Bertz CT molecular complexity index is 793. The lowest BCUT2D eigenvalue weighted by atomic mass is 10.1. The number of nitrogens with zero attached hydrogens (tertiary/aromatic N) is 5. The highest BCUT2D eigenvalue weighted by molar-refractivity contribution is 5.67. The van der Waals surface area contributed by atoms with E-state index in [9.17, 15) is 0 Å². The molecule has 0 amide bonds. The predicted molar refractivity (Wildman–Crippen MR) is 85.6 cm³/mol. The van der Waals surface area contributed by atoms with Crippen LogP contribution in [0.15, 0.2) is 36.8 Å². The second-order valence-electron chi connectivity index (χ2n) is 5.07. The lowest BCUT2D eigenvalue weighted by molar-refractivity contribution is 0.395. The van der Waals surface area contributed by atoms with Gasteiger partial charge in [-0.3, -0.25) is 4.68 Å². The van der Waals surface area contributed by atoms with Crippen molar-refractivity contribution in [2.45, 2.75) is 20.0 Å². The average molecular weight is 313 g/mol. The van der Waals surface area contributed by atoms with E-state index >= 15 is 0 Å². The molecule has 3 aromatic rings. The van der Waals surface area contributed by atoms with Crippen LogP contribution in [0.25, 0.3) is 11.3 Å². The molecule has 120 valence electrons. The van der Waals surface area contributed by atoms with Gasteiger partial charge in [-0.2, -0.15) is 5.10 Å². The summed E-state index contributed by atoms with van der Waals surface area (Å²) in [5, 5.41) is 12.7. The first-order valence-electron chi connectivity index (χ1n) is 7.37. The van der Waals surface area contributed by atoms with E-state index in [-0.39, 0.29) is 0 Å². The Balaban J connectivity index is 1.84. The zero-order valence-corrected chi connectivity index (χ0v) is 13.4. The summed E-state index contributed by atoms with van der Waals surface area (Å²) in [6.45, 7) is 3.54. The van der Waals surface area contributed by atoms with Gasteiger partial charge in [0.2, 0.25) is 0 Å². The molecule has 7 heteroatoms. The van der Waals surface area contributed by atoms with Gasteiger partial charge in [0.1, 0.15) is 17.2 Å². The van der Waals surface area contributed by atoms with Gasteiger partial charge in [-0.25, -0.2) is 4.68 Å². The number of methoxy groups -OCH3 is 2. The normalized spacial score (nSPS) is 10.7. The molecule has 7 nitrogen and oxygen atoms in total. The van der Waals surface area contributed by atoms with Gasteiger partial charge in [0, 0.05) is 29.9 Å². The first-order valence-corrected chi connectivity index (χ1v) is 7.37. The van der Waals surface area contributed by atoms with E-state index in [2.05, 4.69) is 22.3 Å². The summed E-state index contributed by atoms with van der Waals surface area (Å²) in [5.41, 5.74) is 2.72. The molecule has 0 radical (unpaired) electrons. The molecule has 0 aliphatic carbocycles. The Morgan fingerprint density at radius 3 is 2.65 bits per heavy atom. The van der Waals surface area contributed by atoms with E-state index in [1.807, 2.05) is 41.5 Å². The summed E-state index contributed by atoms with van der Waals surface area (Å²) < 4.78 is 14.3. The summed E-state index contributed by atoms with van der Waals surface area (Å²) in [4.78, 5) is 0. The van der Waals surface area contributed by atoms with E-state index < -0.39 is 0 Å². The predicted octanol–water partition coefficient (Wildman–Crippen LogP) is 2.23. The van der Waals surface area contributed by atoms with E-state index in [4.69, 9.17) is 9.47 Å².